The number of benzene rings is 3. The zero-order valence-electron chi connectivity index (χ0n) is 21.1. The predicted octanol–water partition coefficient (Wildman–Crippen LogP) is 1.91. The predicted molar refractivity (Wildman–Crippen MR) is 133 cm³/mol. The molecule has 0 aliphatic heterocycles. The number of phenols is 9. The van der Waals surface area contributed by atoms with Gasteiger partial charge >= 0.3 is 17.9 Å². The first kappa shape index (κ1) is 29.8. The zero-order chi connectivity index (χ0) is 30.6. The second-order valence-corrected chi connectivity index (χ2v) is 9.12. The van der Waals surface area contributed by atoms with Crippen LogP contribution in [0.2, 0.25) is 0 Å². The smallest absolute Gasteiger partial charge is 0.345 e. The molecule has 0 atom stereocenters. The molecule has 0 unspecified atom stereocenters. The van der Waals surface area contributed by atoms with Crippen molar-refractivity contribution >= 4 is 17.9 Å². The molecule has 0 saturated heterocycles. The van der Waals surface area contributed by atoms with Gasteiger partial charge in [-0.3, -0.25) is 0 Å². The molecule has 0 aromatic heterocycles. The average Bonchev–Trinajstić information content (AvgIpc) is 2.83. The van der Waals surface area contributed by atoms with Gasteiger partial charge in [0, 0.05) is 36.4 Å². The highest BCUT2D eigenvalue weighted by atomic mass is 16.6. The van der Waals surface area contributed by atoms with Crippen molar-refractivity contribution in [3.8, 4) is 51.7 Å². The maximum Gasteiger partial charge on any atom is 0.345 e. The molecule has 0 saturated carbocycles. The highest BCUT2D eigenvalue weighted by Crippen LogP contribution is 2.36. The molecule has 0 heterocycles. The molecule has 0 fully saturated rings. The topological polar surface area (TPSA) is 261 Å². The largest absolute Gasteiger partial charge is 0.508 e. The lowest BCUT2D eigenvalue weighted by atomic mass is 9.94. The molecule has 15 heteroatoms. The molecular formula is C26H24O15. The number of hydrogen-bond donors (Lipinski definition) is 9. The number of ether oxygens (including phenoxy) is 3. The summed E-state index contributed by atoms with van der Waals surface area (Å²) in [5.41, 5.74) is -3.81. The number of hydrogen-bond acceptors (Lipinski definition) is 15. The fourth-order valence-corrected chi connectivity index (χ4v) is 3.48. The monoisotopic (exact) mass is 576 g/mol. The lowest BCUT2D eigenvalue weighted by Crippen LogP contribution is -2.37. The Hall–Kier alpha value is -5.73. The van der Waals surface area contributed by atoms with E-state index in [1.165, 1.54) is 6.92 Å². The van der Waals surface area contributed by atoms with Crippen LogP contribution in [0, 0.1) is 5.41 Å². The van der Waals surface area contributed by atoms with E-state index in [1.807, 2.05) is 0 Å². The van der Waals surface area contributed by atoms with Gasteiger partial charge in [-0.25, -0.2) is 14.4 Å². The van der Waals surface area contributed by atoms with E-state index < -0.39 is 112 Å². The van der Waals surface area contributed by atoms with E-state index in [4.69, 9.17) is 14.2 Å². The first-order valence-electron chi connectivity index (χ1n) is 11.4. The molecule has 0 radical (unpaired) electrons. The van der Waals surface area contributed by atoms with Crippen molar-refractivity contribution in [1.29, 1.82) is 0 Å². The highest BCUT2D eigenvalue weighted by Gasteiger charge is 2.34. The number of carbonyl (C=O) groups excluding carboxylic acids is 3. The van der Waals surface area contributed by atoms with E-state index in [9.17, 15) is 60.3 Å². The fraction of sp³-hybridized carbons (Fsp3) is 0.192. The second kappa shape index (κ2) is 11.6. The van der Waals surface area contributed by atoms with E-state index in [1.54, 1.807) is 0 Å². The van der Waals surface area contributed by atoms with Gasteiger partial charge in [0.2, 0.25) is 0 Å². The van der Waals surface area contributed by atoms with Crippen LogP contribution in [0.5, 0.6) is 51.7 Å². The Morgan fingerprint density at radius 2 is 0.683 bits per heavy atom. The summed E-state index contributed by atoms with van der Waals surface area (Å²) in [6.45, 7) is -0.905. The van der Waals surface area contributed by atoms with Gasteiger partial charge in [-0.1, -0.05) is 0 Å². The first-order chi connectivity index (χ1) is 19.1. The van der Waals surface area contributed by atoms with Crippen LogP contribution in [-0.4, -0.2) is 83.7 Å². The normalized spacial score (nSPS) is 11.0. The Kier molecular flexibility index (Phi) is 8.41. The third kappa shape index (κ3) is 6.83. The Morgan fingerprint density at radius 3 is 0.878 bits per heavy atom. The number of phenolic OH excluding ortho intramolecular Hbond substituents is 9. The van der Waals surface area contributed by atoms with E-state index in [0.717, 1.165) is 36.4 Å². The molecule has 3 rings (SSSR count). The van der Waals surface area contributed by atoms with E-state index in [0.29, 0.717) is 0 Å². The minimum Gasteiger partial charge on any atom is -0.508 e. The van der Waals surface area contributed by atoms with Crippen LogP contribution in [0.15, 0.2) is 36.4 Å². The first-order valence-corrected chi connectivity index (χ1v) is 11.4. The summed E-state index contributed by atoms with van der Waals surface area (Å²) in [4.78, 5) is 37.8. The van der Waals surface area contributed by atoms with Gasteiger partial charge in [0.05, 0.1) is 5.41 Å². The molecule has 218 valence electrons. The van der Waals surface area contributed by atoms with E-state index in [-0.39, 0.29) is 0 Å². The van der Waals surface area contributed by atoms with Gasteiger partial charge in [0.15, 0.2) is 0 Å². The standard InChI is InChI=1S/C26H24O15/c1-26(8-39-23(36)20-14(30)2-11(27)3-15(20)31,9-40-24(37)21-16(32)4-12(28)5-17(21)33)10-41-25(38)22-18(34)6-13(29)7-19(22)35/h2-7,27-35H,8-10H2,1H3. The van der Waals surface area contributed by atoms with Crippen LogP contribution in [0.1, 0.15) is 38.0 Å². The Morgan fingerprint density at radius 1 is 0.488 bits per heavy atom. The third-order valence-electron chi connectivity index (χ3n) is 5.51. The lowest BCUT2D eigenvalue weighted by molar-refractivity contribution is -0.0291. The molecule has 0 aliphatic carbocycles. The van der Waals surface area contributed by atoms with Crippen molar-refractivity contribution in [2.24, 2.45) is 5.41 Å². The van der Waals surface area contributed by atoms with Crippen molar-refractivity contribution in [3.05, 3.63) is 53.1 Å². The van der Waals surface area contributed by atoms with E-state index >= 15 is 0 Å². The molecule has 41 heavy (non-hydrogen) atoms. The Bertz CT molecular complexity index is 1260. The summed E-state index contributed by atoms with van der Waals surface area (Å²) >= 11 is 0. The SMILES string of the molecule is CC(COC(=O)c1c(O)cc(O)cc1O)(COC(=O)c1c(O)cc(O)cc1O)COC(=O)c1c(O)cc(O)cc1O. The summed E-state index contributed by atoms with van der Waals surface area (Å²) < 4.78 is 15.3. The van der Waals surface area contributed by atoms with Crippen LogP contribution in [0.4, 0.5) is 0 Å². The Balaban J connectivity index is 1.83. The maximum absolute atomic E-state index is 12.6. The van der Waals surface area contributed by atoms with Crippen LogP contribution in [0.25, 0.3) is 0 Å². The van der Waals surface area contributed by atoms with Crippen molar-refractivity contribution in [2.45, 2.75) is 6.92 Å². The van der Waals surface area contributed by atoms with Crippen molar-refractivity contribution in [2.75, 3.05) is 19.8 Å². The maximum atomic E-state index is 12.6. The van der Waals surface area contributed by atoms with Crippen LogP contribution < -0.4 is 0 Å². The number of aromatic hydroxyl groups is 9. The van der Waals surface area contributed by atoms with Crippen molar-refractivity contribution in [1.82, 2.24) is 0 Å². The quantitative estimate of drug-likeness (QED) is 0.130. The number of carbonyl (C=O) groups is 3. The average molecular weight is 576 g/mol. The minimum atomic E-state index is -1.63. The molecule has 3 aromatic rings. The van der Waals surface area contributed by atoms with Gasteiger partial charge in [0.1, 0.15) is 88.3 Å². The second-order valence-electron chi connectivity index (χ2n) is 9.12. The molecule has 0 aliphatic rings. The van der Waals surface area contributed by atoms with Crippen molar-refractivity contribution in [3.63, 3.8) is 0 Å². The lowest BCUT2D eigenvalue weighted by Gasteiger charge is -2.28. The van der Waals surface area contributed by atoms with Crippen LogP contribution in [0.3, 0.4) is 0 Å². The zero-order valence-corrected chi connectivity index (χ0v) is 21.1. The van der Waals surface area contributed by atoms with Gasteiger partial charge in [-0.2, -0.15) is 0 Å². The summed E-state index contributed by atoms with van der Waals surface area (Å²) in [5, 5.41) is 87.9. The number of esters is 3. The van der Waals surface area contributed by atoms with Crippen LogP contribution in [-0.2, 0) is 14.2 Å². The Labute approximate surface area is 229 Å². The van der Waals surface area contributed by atoms with Gasteiger partial charge in [-0.15, -0.1) is 0 Å². The summed E-state index contributed by atoms with van der Waals surface area (Å²) in [5.74, 6) is -10.5. The molecular weight excluding hydrogens is 552 g/mol. The summed E-state index contributed by atoms with van der Waals surface area (Å²) in [6.07, 6.45) is 0. The summed E-state index contributed by atoms with van der Waals surface area (Å²) in [6, 6.07) is 4.54. The highest BCUT2D eigenvalue weighted by molar-refractivity contribution is 5.97. The molecule has 0 bridgehead atoms. The third-order valence-corrected chi connectivity index (χ3v) is 5.51. The minimum absolute atomic E-state index is 0.554. The van der Waals surface area contributed by atoms with Gasteiger partial charge < -0.3 is 60.2 Å². The van der Waals surface area contributed by atoms with Crippen molar-refractivity contribution < 1.29 is 74.6 Å². The molecule has 3 aromatic carbocycles. The molecule has 9 N–H and O–H groups in total. The summed E-state index contributed by atoms with van der Waals surface area (Å²) in [7, 11) is 0. The molecule has 0 amide bonds. The van der Waals surface area contributed by atoms with Crippen LogP contribution >= 0.6 is 0 Å². The molecule has 15 nitrogen and oxygen atoms in total. The molecule has 0 spiro atoms. The van der Waals surface area contributed by atoms with E-state index in [2.05, 4.69) is 0 Å². The fourth-order valence-electron chi connectivity index (χ4n) is 3.48. The van der Waals surface area contributed by atoms with Gasteiger partial charge in [0.25, 0.3) is 0 Å². The number of rotatable bonds is 9. The van der Waals surface area contributed by atoms with Gasteiger partial charge in [-0.05, 0) is 6.92 Å².